The average Bonchev–Trinajstić information content (AvgIpc) is 3.08. The topological polar surface area (TPSA) is 47.6 Å². The number of nitrogens with one attached hydrogen (secondary N) is 1. The summed E-state index contributed by atoms with van der Waals surface area (Å²) < 4.78 is 10.5. The molecule has 1 saturated carbocycles. The Morgan fingerprint density at radius 1 is 1.35 bits per heavy atom. The highest BCUT2D eigenvalue weighted by atomic mass is 16.5. The number of rotatable bonds is 9. The summed E-state index contributed by atoms with van der Waals surface area (Å²) in [6, 6.07) is 0.497. The lowest BCUT2D eigenvalue weighted by molar-refractivity contribution is -0.151. The predicted octanol–water partition coefficient (Wildman–Crippen LogP) is 1.88. The lowest BCUT2D eigenvalue weighted by Gasteiger charge is -2.28. The van der Waals surface area contributed by atoms with E-state index in [1.807, 2.05) is 20.8 Å². The molecule has 0 saturated heterocycles. The molecule has 1 fully saturated rings. The number of ether oxygens (including phenoxy) is 2. The third-order valence-corrected chi connectivity index (χ3v) is 3.00. The largest absolute Gasteiger partial charge is 0.465 e. The Kier molecular flexibility index (Phi) is 5.92. The molecular formula is C13H25NO3. The van der Waals surface area contributed by atoms with E-state index in [9.17, 15) is 4.79 Å². The first-order chi connectivity index (χ1) is 8.12. The Hall–Kier alpha value is -0.610. The van der Waals surface area contributed by atoms with Crippen molar-refractivity contribution < 1.29 is 14.3 Å². The number of carbonyl (C=O) groups is 1. The van der Waals surface area contributed by atoms with Crippen molar-refractivity contribution in [1.82, 2.24) is 5.32 Å². The molecule has 4 heteroatoms. The van der Waals surface area contributed by atoms with E-state index >= 15 is 0 Å². The minimum Gasteiger partial charge on any atom is -0.465 e. The fourth-order valence-corrected chi connectivity index (χ4v) is 1.87. The Morgan fingerprint density at radius 2 is 2.06 bits per heavy atom. The molecule has 1 unspecified atom stereocenters. The normalized spacial score (nSPS) is 18.8. The van der Waals surface area contributed by atoms with Crippen LogP contribution in [0.25, 0.3) is 0 Å². The molecule has 1 aliphatic rings. The van der Waals surface area contributed by atoms with Crippen LogP contribution in [0.3, 0.4) is 0 Å². The second-order valence-corrected chi connectivity index (χ2v) is 4.77. The molecule has 4 nitrogen and oxygen atoms in total. The maximum Gasteiger partial charge on any atom is 0.326 e. The van der Waals surface area contributed by atoms with Crippen LogP contribution >= 0.6 is 0 Å². The summed E-state index contributed by atoms with van der Waals surface area (Å²) in [5.41, 5.74) is -0.547. The summed E-state index contributed by atoms with van der Waals surface area (Å²) in [4.78, 5) is 12.0. The van der Waals surface area contributed by atoms with Crippen molar-refractivity contribution in [3.63, 3.8) is 0 Å². The molecule has 1 N–H and O–H groups in total. The zero-order chi connectivity index (χ0) is 12.7. The van der Waals surface area contributed by atoms with Crippen LogP contribution in [0.4, 0.5) is 0 Å². The van der Waals surface area contributed by atoms with E-state index in [-0.39, 0.29) is 5.97 Å². The Balaban J connectivity index is 2.41. The van der Waals surface area contributed by atoms with Crippen LogP contribution in [-0.2, 0) is 14.3 Å². The van der Waals surface area contributed by atoms with Gasteiger partial charge < -0.3 is 9.47 Å². The van der Waals surface area contributed by atoms with Gasteiger partial charge in [0.25, 0.3) is 0 Å². The summed E-state index contributed by atoms with van der Waals surface area (Å²) in [5.74, 6) is -0.136. The van der Waals surface area contributed by atoms with Crippen LogP contribution in [0.2, 0.25) is 0 Å². The highest BCUT2D eigenvalue weighted by Crippen LogP contribution is 2.25. The maximum absolute atomic E-state index is 12.0. The first-order valence-electron chi connectivity index (χ1n) is 6.65. The van der Waals surface area contributed by atoms with E-state index in [4.69, 9.17) is 9.47 Å². The van der Waals surface area contributed by atoms with Crippen LogP contribution in [0, 0.1) is 0 Å². The fourth-order valence-electron chi connectivity index (χ4n) is 1.87. The van der Waals surface area contributed by atoms with E-state index in [1.165, 1.54) is 12.8 Å². The predicted molar refractivity (Wildman–Crippen MR) is 66.9 cm³/mol. The number of carbonyl (C=O) groups excluding carboxylic acids is 1. The van der Waals surface area contributed by atoms with Gasteiger partial charge in [-0.25, -0.2) is 0 Å². The SMILES string of the molecule is CCOCCCC(C)(NC1CC1)C(=O)OCC. The molecule has 0 aromatic heterocycles. The second-order valence-electron chi connectivity index (χ2n) is 4.77. The first-order valence-corrected chi connectivity index (χ1v) is 6.65. The van der Waals surface area contributed by atoms with Gasteiger partial charge in [0.15, 0.2) is 0 Å². The lowest BCUT2D eigenvalue weighted by atomic mass is 9.95. The van der Waals surface area contributed by atoms with Crippen molar-refractivity contribution in [2.45, 2.75) is 58.0 Å². The van der Waals surface area contributed by atoms with Crippen LogP contribution in [-0.4, -0.2) is 37.4 Å². The third kappa shape index (κ3) is 5.04. The zero-order valence-corrected chi connectivity index (χ0v) is 11.3. The number of hydrogen-bond acceptors (Lipinski definition) is 4. The van der Waals surface area contributed by atoms with Crippen LogP contribution in [0.1, 0.15) is 46.5 Å². The molecule has 0 amide bonds. The van der Waals surface area contributed by atoms with Gasteiger partial charge >= 0.3 is 5.97 Å². The number of esters is 1. The van der Waals surface area contributed by atoms with Gasteiger partial charge in [-0.3, -0.25) is 10.1 Å². The van der Waals surface area contributed by atoms with Gasteiger partial charge in [-0.2, -0.15) is 0 Å². The van der Waals surface area contributed by atoms with E-state index in [1.54, 1.807) is 0 Å². The average molecular weight is 243 g/mol. The lowest BCUT2D eigenvalue weighted by Crippen LogP contribution is -2.51. The Labute approximate surface area is 104 Å². The maximum atomic E-state index is 12.0. The molecule has 0 aromatic rings. The van der Waals surface area contributed by atoms with Crippen molar-refractivity contribution in [3.8, 4) is 0 Å². The van der Waals surface area contributed by atoms with Gasteiger partial charge in [-0.15, -0.1) is 0 Å². The molecule has 0 spiro atoms. The smallest absolute Gasteiger partial charge is 0.326 e. The number of hydrogen-bond donors (Lipinski definition) is 1. The van der Waals surface area contributed by atoms with Crippen LogP contribution in [0.5, 0.6) is 0 Å². The molecule has 0 heterocycles. The monoisotopic (exact) mass is 243 g/mol. The highest BCUT2D eigenvalue weighted by Gasteiger charge is 2.39. The summed E-state index contributed by atoms with van der Waals surface area (Å²) in [7, 11) is 0. The van der Waals surface area contributed by atoms with Gasteiger partial charge in [-0.05, 0) is 46.5 Å². The van der Waals surface area contributed by atoms with Gasteiger partial charge in [-0.1, -0.05) is 0 Å². The second kappa shape index (κ2) is 6.97. The minimum atomic E-state index is -0.547. The quantitative estimate of drug-likeness (QED) is 0.496. The van der Waals surface area contributed by atoms with Crippen molar-refractivity contribution in [1.29, 1.82) is 0 Å². The summed E-state index contributed by atoms with van der Waals surface area (Å²) >= 11 is 0. The zero-order valence-electron chi connectivity index (χ0n) is 11.3. The van der Waals surface area contributed by atoms with E-state index in [0.717, 1.165) is 19.4 Å². The third-order valence-electron chi connectivity index (χ3n) is 3.00. The van der Waals surface area contributed by atoms with Crippen molar-refractivity contribution in [3.05, 3.63) is 0 Å². The van der Waals surface area contributed by atoms with Crippen LogP contribution < -0.4 is 5.32 Å². The minimum absolute atomic E-state index is 0.136. The first kappa shape index (κ1) is 14.5. The Bertz CT molecular complexity index is 241. The Morgan fingerprint density at radius 3 is 2.59 bits per heavy atom. The van der Waals surface area contributed by atoms with E-state index in [2.05, 4.69) is 5.32 Å². The molecule has 0 bridgehead atoms. The van der Waals surface area contributed by atoms with Gasteiger partial charge in [0.1, 0.15) is 5.54 Å². The van der Waals surface area contributed by atoms with Gasteiger partial charge in [0.05, 0.1) is 6.61 Å². The van der Waals surface area contributed by atoms with E-state index < -0.39 is 5.54 Å². The molecular weight excluding hydrogens is 218 g/mol. The standard InChI is InChI=1S/C13H25NO3/c1-4-16-10-6-9-13(3,12(15)17-5-2)14-11-7-8-11/h11,14H,4-10H2,1-3H3. The molecule has 1 rings (SSSR count). The molecule has 0 aliphatic heterocycles. The van der Waals surface area contributed by atoms with E-state index in [0.29, 0.717) is 19.3 Å². The molecule has 17 heavy (non-hydrogen) atoms. The highest BCUT2D eigenvalue weighted by molar-refractivity contribution is 5.80. The van der Waals surface area contributed by atoms with Gasteiger partial charge in [0.2, 0.25) is 0 Å². The molecule has 100 valence electrons. The summed E-state index contributed by atoms with van der Waals surface area (Å²) in [6.07, 6.45) is 3.98. The van der Waals surface area contributed by atoms with Crippen LogP contribution in [0.15, 0.2) is 0 Å². The molecule has 1 atom stereocenters. The molecule has 0 aromatic carbocycles. The molecule has 1 aliphatic carbocycles. The van der Waals surface area contributed by atoms with Crippen molar-refractivity contribution >= 4 is 5.97 Å². The van der Waals surface area contributed by atoms with Crippen molar-refractivity contribution in [2.75, 3.05) is 19.8 Å². The van der Waals surface area contributed by atoms with Crippen molar-refractivity contribution in [2.24, 2.45) is 0 Å². The summed E-state index contributed by atoms with van der Waals surface area (Å²) in [5, 5.41) is 3.40. The van der Waals surface area contributed by atoms with Gasteiger partial charge in [0, 0.05) is 19.3 Å². The fraction of sp³-hybridized carbons (Fsp3) is 0.923. The summed E-state index contributed by atoms with van der Waals surface area (Å²) in [6.45, 7) is 7.63. The molecule has 0 radical (unpaired) electrons.